The highest BCUT2D eigenvalue weighted by molar-refractivity contribution is 7.90. The molecule has 2 aromatic carbocycles. The molecule has 4 heterocycles. The maximum atomic E-state index is 14.0. The van der Waals surface area contributed by atoms with E-state index < -0.39 is 37.9 Å². The molecular weight excluding hydrogens is 698 g/mol. The summed E-state index contributed by atoms with van der Waals surface area (Å²) in [5, 5.41) is 21.7. The van der Waals surface area contributed by atoms with E-state index in [1.165, 1.54) is 34.2 Å². The van der Waals surface area contributed by atoms with Crippen LogP contribution < -0.4 is 4.74 Å². The standard InChI is InChI=1S/C32H34ClN5O7S3/c1-4-24-18-37(48(43,44)28-14-23(33)16-34-32(28)45-24)17-22-13-21(12-20-8-10-46-31(20)22)26(15-29(39)40)25-6-7-27-30(19(25)2)35-36-38(27)9-5-11-47(3,41)42/h6-8,10,12-14,16,24,26H,4-5,9,11,15,17-18H2,1-3H3,(H,39,40)/t24-,26?/m1/s1. The first-order chi connectivity index (χ1) is 22.7. The van der Waals surface area contributed by atoms with Gasteiger partial charge in [-0.15, -0.1) is 16.4 Å². The van der Waals surface area contributed by atoms with Crippen molar-refractivity contribution in [2.24, 2.45) is 0 Å². The van der Waals surface area contributed by atoms with Crippen molar-refractivity contribution in [3.63, 3.8) is 0 Å². The van der Waals surface area contributed by atoms with E-state index in [9.17, 15) is 26.7 Å². The molecule has 254 valence electrons. The largest absolute Gasteiger partial charge is 0.481 e. The van der Waals surface area contributed by atoms with Crippen LogP contribution in [0.1, 0.15) is 54.4 Å². The van der Waals surface area contributed by atoms with Crippen LogP contribution in [0.25, 0.3) is 21.1 Å². The number of ether oxygens (including phenoxy) is 1. The van der Waals surface area contributed by atoms with Crippen molar-refractivity contribution in [2.75, 3.05) is 18.6 Å². The predicted octanol–water partition coefficient (Wildman–Crippen LogP) is 5.41. The summed E-state index contributed by atoms with van der Waals surface area (Å²) in [4.78, 5) is 16.4. The summed E-state index contributed by atoms with van der Waals surface area (Å²) in [6.45, 7) is 4.28. The van der Waals surface area contributed by atoms with Crippen LogP contribution in [0.2, 0.25) is 5.02 Å². The van der Waals surface area contributed by atoms with Crippen molar-refractivity contribution in [1.82, 2.24) is 24.3 Å². The number of fused-ring (bicyclic) bond motifs is 3. The monoisotopic (exact) mass is 731 g/mol. The summed E-state index contributed by atoms with van der Waals surface area (Å²) in [7, 11) is -7.18. The maximum Gasteiger partial charge on any atom is 0.304 e. The molecule has 1 N–H and O–H groups in total. The molecule has 48 heavy (non-hydrogen) atoms. The third kappa shape index (κ3) is 6.92. The molecule has 0 amide bonds. The first-order valence-corrected chi connectivity index (χ1v) is 20.1. The van der Waals surface area contributed by atoms with Crippen LogP contribution in [-0.2, 0) is 37.7 Å². The van der Waals surface area contributed by atoms with Crippen molar-refractivity contribution >= 4 is 69.9 Å². The summed E-state index contributed by atoms with van der Waals surface area (Å²) in [5.41, 5.74) is 4.31. The number of carbonyl (C=O) groups is 1. The number of thiophene rings is 1. The minimum atomic E-state index is -4.06. The van der Waals surface area contributed by atoms with Gasteiger partial charge >= 0.3 is 5.97 Å². The molecule has 0 bridgehead atoms. The van der Waals surface area contributed by atoms with Gasteiger partial charge in [-0.25, -0.2) is 26.5 Å². The Balaban J connectivity index is 1.41. The van der Waals surface area contributed by atoms with Crippen LogP contribution in [0.4, 0.5) is 0 Å². The van der Waals surface area contributed by atoms with Crippen LogP contribution in [0.5, 0.6) is 5.88 Å². The molecule has 0 saturated heterocycles. The Morgan fingerprint density at radius 1 is 1.23 bits per heavy atom. The number of benzene rings is 2. The molecule has 0 aliphatic carbocycles. The number of carboxylic acid groups (broad SMARTS) is 1. The Kier molecular flexibility index (Phi) is 9.52. The molecule has 0 radical (unpaired) electrons. The average molecular weight is 732 g/mol. The number of sulfone groups is 1. The van der Waals surface area contributed by atoms with Gasteiger partial charge in [0.1, 0.15) is 26.4 Å². The molecule has 1 aliphatic heterocycles. The van der Waals surface area contributed by atoms with Gasteiger partial charge in [-0.2, -0.15) is 4.31 Å². The zero-order valence-corrected chi connectivity index (χ0v) is 29.7. The van der Waals surface area contributed by atoms with E-state index in [-0.39, 0.29) is 41.1 Å². The number of aryl methyl sites for hydroxylation is 2. The Bertz CT molecular complexity index is 2250. The fraction of sp³-hybridized carbons (Fsp3) is 0.375. The molecule has 6 rings (SSSR count). The summed E-state index contributed by atoms with van der Waals surface area (Å²) < 4.78 is 61.2. The number of rotatable bonds is 11. The third-order valence-corrected chi connectivity index (χ3v) is 12.6. The van der Waals surface area contributed by atoms with E-state index in [0.717, 1.165) is 37.9 Å². The molecule has 0 fully saturated rings. The third-order valence-electron chi connectivity index (χ3n) is 8.56. The van der Waals surface area contributed by atoms with Gasteiger partial charge in [-0.05, 0) is 77.1 Å². The van der Waals surface area contributed by atoms with Crippen molar-refractivity contribution < 1.29 is 31.5 Å². The molecule has 16 heteroatoms. The summed E-state index contributed by atoms with van der Waals surface area (Å²) >= 11 is 7.65. The Morgan fingerprint density at radius 2 is 2.02 bits per heavy atom. The van der Waals surface area contributed by atoms with Gasteiger partial charge in [0.05, 0.1) is 29.3 Å². The average Bonchev–Trinajstić information content (AvgIpc) is 3.65. The predicted molar refractivity (Wildman–Crippen MR) is 184 cm³/mol. The second-order valence-corrected chi connectivity index (χ2v) is 17.5. The van der Waals surface area contributed by atoms with Crippen molar-refractivity contribution in [2.45, 2.75) is 63.1 Å². The van der Waals surface area contributed by atoms with E-state index in [1.807, 2.05) is 49.6 Å². The lowest BCUT2D eigenvalue weighted by molar-refractivity contribution is -0.137. The topological polar surface area (TPSA) is 162 Å². The van der Waals surface area contributed by atoms with Crippen LogP contribution >= 0.6 is 22.9 Å². The molecule has 12 nitrogen and oxygen atoms in total. The number of sulfonamides is 1. The van der Waals surface area contributed by atoms with E-state index in [1.54, 1.807) is 4.68 Å². The van der Waals surface area contributed by atoms with Crippen LogP contribution in [0, 0.1) is 6.92 Å². The van der Waals surface area contributed by atoms with Gasteiger partial charge < -0.3 is 9.84 Å². The highest BCUT2D eigenvalue weighted by Gasteiger charge is 2.36. The number of aromatic nitrogens is 4. The second-order valence-electron chi connectivity index (χ2n) is 12.0. The number of nitrogens with zero attached hydrogens (tertiary/aromatic N) is 5. The smallest absolute Gasteiger partial charge is 0.304 e. The molecule has 2 atom stereocenters. The highest BCUT2D eigenvalue weighted by Crippen LogP contribution is 2.39. The minimum Gasteiger partial charge on any atom is -0.481 e. The Morgan fingerprint density at radius 3 is 2.75 bits per heavy atom. The number of halogens is 1. The first kappa shape index (κ1) is 34.2. The van der Waals surface area contributed by atoms with E-state index in [4.69, 9.17) is 16.3 Å². The van der Waals surface area contributed by atoms with Crippen LogP contribution in [0.15, 0.2) is 52.9 Å². The second kappa shape index (κ2) is 13.3. The highest BCUT2D eigenvalue weighted by atomic mass is 35.5. The SMILES string of the molecule is CC[C@@H]1CN(Cc2cc(C(CC(=O)O)c3ccc4c(nnn4CCCS(C)(=O)=O)c3C)cc3ccsc23)S(=O)(=O)c2cc(Cl)cnc2O1. The van der Waals surface area contributed by atoms with Crippen LogP contribution in [0.3, 0.4) is 0 Å². The molecule has 0 saturated carbocycles. The molecule has 0 spiro atoms. The normalized spacial score (nSPS) is 17.2. The van der Waals surface area contributed by atoms with Gasteiger partial charge in [0.25, 0.3) is 0 Å². The lowest BCUT2D eigenvalue weighted by Gasteiger charge is -2.24. The van der Waals surface area contributed by atoms with Gasteiger partial charge in [0.15, 0.2) is 0 Å². The summed E-state index contributed by atoms with van der Waals surface area (Å²) in [6.07, 6.45) is 2.84. The molecule has 3 aromatic heterocycles. The zero-order chi connectivity index (χ0) is 34.4. The first-order valence-electron chi connectivity index (χ1n) is 15.3. The number of hydrogen-bond acceptors (Lipinski definition) is 10. The van der Waals surface area contributed by atoms with Crippen molar-refractivity contribution in [3.05, 3.63) is 75.3 Å². The summed E-state index contributed by atoms with van der Waals surface area (Å²) in [6, 6.07) is 10.9. The molecule has 1 unspecified atom stereocenters. The Hall–Kier alpha value is -3.63. The zero-order valence-electron chi connectivity index (χ0n) is 26.5. The number of aliphatic carboxylic acids is 1. The lowest BCUT2D eigenvalue weighted by Crippen LogP contribution is -2.36. The minimum absolute atomic E-state index is 0.0171. The van der Waals surface area contributed by atoms with Crippen LogP contribution in [-0.4, -0.2) is 76.9 Å². The molecule has 5 aromatic rings. The summed E-state index contributed by atoms with van der Waals surface area (Å²) in [5.74, 6) is -1.53. The van der Waals surface area contributed by atoms with Crippen molar-refractivity contribution in [1.29, 1.82) is 0 Å². The lowest BCUT2D eigenvalue weighted by atomic mass is 9.84. The van der Waals surface area contributed by atoms with E-state index >= 15 is 0 Å². The van der Waals surface area contributed by atoms with Gasteiger partial charge in [0.2, 0.25) is 15.9 Å². The Labute approximate surface area is 287 Å². The molecule has 1 aliphatic rings. The van der Waals surface area contributed by atoms with E-state index in [2.05, 4.69) is 15.3 Å². The number of hydrogen-bond donors (Lipinski definition) is 1. The van der Waals surface area contributed by atoms with Gasteiger partial charge in [-0.1, -0.05) is 35.9 Å². The maximum absolute atomic E-state index is 14.0. The van der Waals surface area contributed by atoms with Gasteiger partial charge in [0, 0.05) is 36.2 Å². The fourth-order valence-electron chi connectivity index (χ4n) is 6.18. The van der Waals surface area contributed by atoms with Crippen molar-refractivity contribution in [3.8, 4) is 5.88 Å². The van der Waals surface area contributed by atoms with Gasteiger partial charge in [-0.3, -0.25) is 4.79 Å². The molecular formula is C32H34ClN5O7S3. The number of carboxylic acids is 1. The van der Waals surface area contributed by atoms with E-state index in [0.29, 0.717) is 24.9 Å². The number of pyridine rings is 1. The quantitative estimate of drug-likeness (QED) is 0.186. The fourth-order valence-corrected chi connectivity index (χ4v) is 9.49.